The van der Waals surface area contributed by atoms with Crippen molar-refractivity contribution in [1.82, 2.24) is 4.90 Å². The van der Waals surface area contributed by atoms with Crippen LogP contribution in [-0.4, -0.2) is 62.3 Å². The van der Waals surface area contributed by atoms with Gasteiger partial charge in [-0.2, -0.15) is 0 Å². The summed E-state index contributed by atoms with van der Waals surface area (Å²) in [6.07, 6.45) is 1.48. The van der Waals surface area contributed by atoms with E-state index in [4.69, 9.17) is 9.47 Å². The van der Waals surface area contributed by atoms with Gasteiger partial charge in [0.1, 0.15) is 0 Å². The fraction of sp³-hybridized carbons (Fsp3) is 0.652. The van der Waals surface area contributed by atoms with Gasteiger partial charge < -0.3 is 19.3 Å². The summed E-state index contributed by atoms with van der Waals surface area (Å²) in [6.45, 7) is 4.90. The molecule has 0 aromatic heterocycles. The first-order valence-electron chi connectivity index (χ1n) is 10.7. The van der Waals surface area contributed by atoms with Gasteiger partial charge in [0.2, 0.25) is 11.8 Å². The molecule has 156 valence electrons. The van der Waals surface area contributed by atoms with E-state index in [9.17, 15) is 9.59 Å². The third-order valence-electron chi connectivity index (χ3n) is 8.11. The van der Waals surface area contributed by atoms with Gasteiger partial charge in [0.25, 0.3) is 0 Å². The molecule has 0 N–H and O–H groups in total. The van der Waals surface area contributed by atoms with Gasteiger partial charge >= 0.3 is 0 Å². The summed E-state index contributed by atoms with van der Waals surface area (Å²) in [5, 5.41) is 0. The Bertz CT molecular complexity index is 857. The van der Waals surface area contributed by atoms with Crippen LogP contribution in [-0.2, 0) is 24.5 Å². The first-order chi connectivity index (χ1) is 13.9. The van der Waals surface area contributed by atoms with E-state index in [0.717, 1.165) is 18.5 Å². The molecular weight excluding hydrogens is 368 g/mol. The van der Waals surface area contributed by atoms with Crippen molar-refractivity contribution in [3.8, 4) is 0 Å². The molecule has 1 saturated carbocycles. The maximum Gasteiger partial charge on any atom is 0.228 e. The number of fused-ring (bicyclic) bond motifs is 3. The van der Waals surface area contributed by atoms with E-state index < -0.39 is 0 Å². The van der Waals surface area contributed by atoms with Gasteiger partial charge in [-0.05, 0) is 31.4 Å². The van der Waals surface area contributed by atoms with Crippen LogP contribution >= 0.6 is 0 Å². The lowest BCUT2D eigenvalue weighted by Gasteiger charge is -2.56. The maximum atomic E-state index is 13.4. The predicted molar refractivity (Wildman–Crippen MR) is 109 cm³/mol. The molecule has 5 rings (SSSR count). The number of hydrogen-bond acceptors (Lipinski definition) is 4. The second-order valence-corrected chi connectivity index (χ2v) is 9.30. The molecule has 7 atom stereocenters. The first-order valence-corrected chi connectivity index (χ1v) is 10.7. The zero-order chi connectivity index (χ0) is 20.5. The van der Waals surface area contributed by atoms with Crippen LogP contribution in [0.5, 0.6) is 0 Å². The van der Waals surface area contributed by atoms with Crippen LogP contribution in [0.25, 0.3) is 0 Å². The minimum atomic E-state index is -0.239. The van der Waals surface area contributed by atoms with E-state index in [1.165, 1.54) is 5.56 Å². The number of benzene rings is 1. The average Bonchev–Trinajstić information content (AvgIpc) is 3.03. The Hall–Kier alpha value is -1.92. The second kappa shape index (κ2) is 6.54. The second-order valence-electron chi connectivity index (χ2n) is 9.30. The summed E-state index contributed by atoms with van der Waals surface area (Å²) >= 11 is 0. The Kier molecular flexibility index (Phi) is 4.30. The van der Waals surface area contributed by atoms with Gasteiger partial charge in [0.05, 0.1) is 30.8 Å². The minimum absolute atomic E-state index is 0.00287. The normalized spacial score (nSPS) is 40.8. The lowest BCUT2D eigenvalue weighted by atomic mass is 9.55. The van der Waals surface area contributed by atoms with Gasteiger partial charge in [-0.1, -0.05) is 18.2 Å². The molecule has 2 bridgehead atoms. The van der Waals surface area contributed by atoms with Gasteiger partial charge in [0, 0.05) is 50.6 Å². The van der Waals surface area contributed by atoms with Crippen molar-refractivity contribution in [3.05, 3.63) is 29.8 Å². The van der Waals surface area contributed by atoms with E-state index in [-0.39, 0.29) is 53.2 Å². The summed E-state index contributed by atoms with van der Waals surface area (Å²) in [7, 11) is 3.67. The van der Waals surface area contributed by atoms with E-state index in [1.54, 1.807) is 14.0 Å². The highest BCUT2D eigenvalue weighted by molar-refractivity contribution is 5.96. The largest absolute Gasteiger partial charge is 0.381 e. The molecule has 6 heteroatoms. The molecule has 6 nitrogen and oxygen atoms in total. The fourth-order valence-electron chi connectivity index (χ4n) is 6.94. The molecule has 2 amide bonds. The molecule has 1 spiro atoms. The summed E-state index contributed by atoms with van der Waals surface area (Å²) < 4.78 is 12.3. The number of rotatable bonds is 1. The number of methoxy groups -OCH3 is 1. The van der Waals surface area contributed by atoms with Crippen LogP contribution in [0.2, 0.25) is 0 Å². The predicted octanol–water partition coefficient (Wildman–Crippen LogP) is 2.21. The lowest BCUT2D eigenvalue weighted by molar-refractivity contribution is -0.175. The molecule has 3 aliphatic heterocycles. The smallest absolute Gasteiger partial charge is 0.228 e. The summed E-state index contributed by atoms with van der Waals surface area (Å²) in [5.74, 6) is 0.0898. The molecule has 3 fully saturated rings. The number of anilines is 1. The summed E-state index contributed by atoms with van der Waals surface area (Å²) in [6, 6.07) is 8.31. The quantitative estimate of drug-likeness (QED) is 0.728. The van der Waals surface area contributed by atoms with Crippen molar-refractivity contribution in [1.29, 1.82) is 0 Å². The van der Waals surface area contributed by atoms with Crippen molar-refractivity contribution in [2.75, 3.05) is 32.2 Å². The highest BCUT2D eigenvalue weighted by Crippen LogP contribution is 2.60. The maximum absolute atomic E-state index is 13.4. The lowest BCUT2D eigenvalue weighted by Crippen LogP contribution is -2.65. The highest BCUT2D eigenvalue weighted by Gasteiger charge is 2.65. The third kappa shape index (κ3) is 2.42. The van der Waals surface area contributed by atoms with E-state index in [2.05, 4.69) is 18.2 Å². The molecule has 3 heterocycles. The number of carbonyl (C=O) groups excluding carboxylic acids is 2. The molecule has 2 saturated heterocycles. The van der Waals surface area contributed by atoms with E-state index >= 15 is 0 Å². The number of nitrogens with zero attached hydrogens (tertiary/aromatic N) is 2. The molecule has 1 aromatic rings. The average molecular weight is 399 g/mol. The van der Waals surface area contributed by atoms with Crippen molar-refractivity contribution < 1.29 is 19.1 Å². The Balaban J connectivity index is 1.76. The molecule has 4 aliphatic rings. The summed E-state index contributed by atoms with van der Waals surface area (Å²) in [4.78, 5) is 30.2. The Morgan fingerprint density at radius 2 is 2.07 bits per heavy atom. The zero-order valence-corrected chi connectivity index (χ0v) is 17.6. The highest BCUT2D eigenvalue weighted by atomic mass is 16.5. The van der Waals surface area contributed by atoms with Crippen molar-refractivity contribution >= 4 is 17.5 Å². The Morgan fingerprint density at radius 1 is 1.31 bits per heavy atom. The molecular formula is C23H30N2O4. The molecule has 0 unspecified atom stereocenters. The van der Waals surface area contributed by atoms with Crippen LogP contribution in [0.1, 0.15) is 32.3 Å². The van der Waals surface area contributed by atoms with Crippen LogP contribution < -0.4 is 4.90 Å². The van der Waals surface area contributed by atoms with Crippen LogP contribution in [0, 0.1) is 17.8 Å². The molecule has 1 aromatic carbocycles. The minimum Gasteiger partial charge on any atom is -0.381 e. The van der Waals surface area contributed by atoms with Crippen LogP contribution in [0.3, 0.4) is 0 Å². The Labute approximate surface area is 172 Å². The third-order valence-corrected chi connectivity index (χ3v) is 8.11. The zero-order valence-electron chi connectivity index (χ0n) is 17.6. The summed E-state index contributed by atoms with van der Waals surface area (Å²) in [5.41, 5.74) is 2.01. The van der Waals surface area contributed by atoms with E-state index in [1.807, 2.05) is 29.8 Å². The topological polar surface area (TPSA) is 59.1 Å². The van der Waals surface area contributed by atoms with Gasteiger partial charge in [-0.25, -0.2) is 0 Å². The SMILES string of the molecule is CO[C@H]1C[C@]23CCN(C)C(=O)[C@@H]4[C@H]1[C@@H](CO[C@@H]4C)[C@@H]2N(C(C)=O)c1ccccc13. The fourth-order valence-corrected chi connectivity index (χ4v) is 6.94. The monoisotopic (exact) mass is 398 g/mol. The van der Waals surface area contributed by atoms with Crippen molar-refractivity contribution in [2.24, 2.45) is 17.8 Å². The Morgan fingerprint density at radius 3 is 2.79 bits per heavy atom. The number of hydrogen-bond donors (Lipinski definition) is 0. The molecule has 1 aliphatic carbocycles. The van der Waals surface area contributed by atoms with Crippen molar-refractivity contribution in [3.63, 3.8) is 0 Å². The molecule has 0 radical (unpaired) electrons. The van der Waals surface area contributed by atoms with Crippen LogP contribution in [0.4, 0.5) is 5.69 Å². The number of carbonyl (C=O) groups is 2. The number of amides is 2. The first kappa shape index (κ1) is 19.1. The van der Waals surface area contributed by atoms with Crippen LogP contribution in [0.15, 0.2) is 24.3 Å². The van der Waals surface area contributed by atoms with Gasteiger partial charge in [0.15, 0.2) is 0 Å². The number of para-hydroxylation sites is 1. The molecule has 29 heavy (non-hydrogen) atoms. The standard InChI is InChI=1S/C23H30N2O4/c1-13-19-20-15(12-29-13)21-23(11-18(20)28-4,9-10-24(3)22(19)27)16-7-5-6-8-17(16)25(21)14(2)26/h5-8,13,15,18-21H,9-12H2,1-4H3/t13-,15-,18+,19+,20+,21+,23+/m1/s1. The van der Waals surface area contributed by atoms with Crippen molar-refractivity contribution in [2.45, 2.75) is 50.4 Å². The van der Waals surface area contributed by atoms with Gasteiger partial charge in [-0.15, -0.1) is 0 Å². The van der Waals surface area contributed by atoms with Gasteiger partial charge in [-0.3, -0.25) is 9.59 Å². The van der Waals surface area contributed by atoms with E-state index in [0.29, 0.717) is 13.2 Å². The number of ether oxygens (including phenoxy) is 2.